The summed E-state index contributed by atoms with van der Waals surface area (Å²) in [5.41, 5.74) is 6.92. The molecule has 1 aromatic heterocycles. The lowest BCUT2D eigenvalue weighted by molar-refractivity contribution is 0.588. The number of hydrogen-bond acceptors (Lipinski definition) is 2. The Morgan fingerprint density at radius 1 is 1.39 bits per heavy atom. The van der Waals surface area contributed by atoms with E-state index < -0.39 is 0 Å². The molecule has 0 unspecified atom stereocenters. The lowest BCUT2D eigenvalue weighted by atomic mass is 10.0. The second-order valence-corrected chi connectivity index (χ2v) is 5.87. The smallest absolute Gasteiger partial charge is 0.133 e. The Morgan fingerprint density at radius 3 is 2.72 bits per heavy atom. The van der Waals surface area contributed by atoms with Gasteiger partial charge in [0.1, 0.15) is 5.84 Å². The fourth-order valence-corrected chi connectivity index (χ4v) is 2.89. The van der Waals surface area contributed by atoms with Crippen LogP contribution in [0.2, 0.25) is 0 Å². The van der Waals surface area contributed by atoms with Gasteiger partial charge in [-0.2, -0.15) is 0 Å². The standard InChI is InChI=1S/C14H18N2S.ClH/c1-9(2)6-7-10-4-3-5-12-11(10)8-13(17-12)14(15)16;/h3-5,8-9H,6-7H2,1-2H3,(H3,15,16);1H. The molecule has 0 spiro atoms. The van der Waals surface area contributed by atoms with E-state index in [0.29, 0.717) is 0 Å². The molecular formula is C14H19ClN2S. The number of hydrogen-bond donors (Lipinski definition) is 2. The summed E-state index contributed by atoms with van der Waals surface area (Å²) in [6.07, 6.45) is 2.30. The van der Waals surface area contributed by atoms with E-state index >= 15 is 0 Å². The summed E-state index contributed by atoms with van der Waals surface area (Å²) in [6, 6.07) is 8.43. The van der Waals surface area contributed by atoms with Crippen molar-refractivity contribution in [3.05, 3.63) is 34.7 Å². The number of fused-ring (bicyclic) bond motifs is 1. The topological polar surface area (TPSA) is 49.9 Å². The molecule has 1 aromatic carbocycles. The Labute approximate surface area is 118 Å². The number of halogens is 1. The van der Waals surface area contributed by atoms with Gasteiger partial charge in [-0.3, -0.25) is 5.41 Å². The molecule has 0 amide bonds. The molecule has 0 aliphatic carbocycles. The zero-order valence-corrected chi connectivity index (χ0v) is 12.3. The zero-order chi connectivity index (χ0) is 12.4. The number of rotatable bonds is 4. The van der Waals surface area contributed by atoms with Crippen molar-refractivity contribution in [1.82, 2.24) is 0 Å². The van der Waals surface area contributed by atoms with E-state index in [1.807, 2.05) is 0 Å². The van der Waals surface area contributed by atoms with Crippen molar-refractivity contribution in [2.45, 2.75) is 26.7 Å². The molecule has 98 valence electrons. The van der Waals surface area contributed by atoms with E-state index in [1.165, 1.54) is 22.1 Å². The first-order valence-electron chi connectivity index (χ1n) is 5.93. The fourth-order valence-electron chi connectivity index (χ4n) is 1.92. The molecule has 0 radical (unpaired) electrons. The molecule has 0 saturated heterocycles. The largest absolute Gasteiger partial charge is 0.383 e. The molecule has 0 atom stereocenters. The predicted octanol–water partition coefficient (Wildman–Crippen LogP) is 4.20. The third kappa shape index (κ3) is 3.24. The molecule has 0 fully saturated rings. The van der Waals surface area contributed by atoms with Crippen LogP contribution in [0.4, 0.5) is 0 Å². The van der Waals surface area contributed by atoms with Crippen LogP contribution < -0.4 is 5.73 Å². The van der Waals surface area contributed by atoms with Gasteiger partial charge in [0.25, 0.3) is 0 Å². The third-order valence-corrected chi connectivity index (χ3v) is 4.04. The zero-order valence-electron chi connectivity index (χ0n) is 10.7. The Bertz CT molecular complexity index is 546. The fraction of sp³-hybridized carbons (Fsp3) is 0.357. The van der Waals surface area contributed by atoms with Crippen LogP contribution in [0.1, 0.15) is 30.7 Å². The van der Waals surface area contributed by atoms with Gasteiger partial charge in [-0.05, 0) is 41.8 Å². The van der Waals surface area contributed by atoms with Crippen molar-refractivity contribution in [3.63, 3.8) is 0 Å². The highest BCUT2D eigenvalue weighted by atomic mass is 35.5. The monoisotopic (exact) mass is 282 g/mol. The van der Waals surface area contributed by atoms with Gasteiger partial charge >= 0.3 is 0 Å². The van der Waals surface area contributed by atoms with E-state index in [9.17, 15) is 0 Å². The van der Waals surface area contributed by atoms with Crippen LogP contribution in [0.15, 0.2) is 24.3 Å². The molecule has 2 nitrogen and oxygen atoms in total. The van der Waals surface area contributed by atoms with Crippen molar-refractivity contribution in [2.75, 3.05) is 0 Å². The van der Waals surface area contributed by atoms with E-state index in [0.717, 1.165) is 17.2 Å². The maximum Gasteiger partial charge on any atom is 0.133 e. The minimum Gasteiger partial charge on any atom is -0.383 e. The molecule has 4 heteroatoms. The SMILES string of the molecule is CC(C)CCc1cccc2sc(C(=N)N)cc12.Cl. The Kier molecular flexibility index (Phi) is 5.17. The Balaban J connectivity index is 0.00000162. The van der Waals surface area contributed by atoms with Gasteiger partial charge in [-0.1, -0.05) is 26.0 Å². The van der Waals surface area contributed by atoms with Crippen LogP contribution in [0.5, 0.6) is 0 Å². The van der Waals surface area contributed by atoms with Crippen molar-refractivity contribution >= 4 is 39.7 Å². The molecular weight excluding hydrogens is 264 g/mol. The summed E-state index contributed by atoms with van der Waals surface area (Å²) >= 11 is 1.60. The van der Waals surface area contributed by atoms with Gasteiger partial charge in [-0.15, -0.1) is 23.7 Å². The molecule has 2 aromatic rings. The van der Waals surface area contributed by atoms with E-state index in [4.69, 9.17) is 11.1 Å². The van der Waals surface area contributed by atoms with Crippen LogP contribution in [-0.4, -0.2) is 5.84 Å². The number of amidine groups is 1. The minimum absolute atomic E-state index is 0. The first-order valence-corrected chi connectivity index (χ1v) is 6.75. The molecule has 2 rings (SSSR count). The molecule has 0 aliphatic heterocycles. The highest BCUT2D eigenvalue weighted by molar-refractivity contribution is 7.20. The van der Waals surface area contributed by atoms with Gasteiger partial charge < -0.3 is 5.73 Å². The number of nitrogens with one attached hydrogen (secondary N) is 1. The van der Waals surface area contributed by atoms with Crippen molar-refractivity contribution in [1.29, 1.82) is 5.41 Å². The highest BCUT2D eigenvalue weighted by Gasteiger charge is 2.08. The number of thiophene rings is 1. The maximum atomic E-state index is 7.50. The van der Waals surface area contributed by atoms with Gasteiger partial charge in [-0.25, -0.2) is 0 Å². The second kappa shape index (κ2) is 6.21. The first-order chi connectivity index (χ1) is 8.08. The average molecular weight is 283 g/mol. The summed E-state index contributed by atoms with van der Waals surface area (Å²) in [4.78, 5) is 0.872. The van der Waals surface area contributed by atoms with Gasteiger partial charge in [0, 0.05) is 4.70 Å². The van der Waals surface area contributed by atoms with Crippen LogP contribution in [0, 0.1) is 11.3 Å². The molecule has 18 heavy (non-hydrogen) atoms. The van der Waals surface area contributed by atoms with Gasteiger partial charge in [0.05, 0.1) is 4.88 Å². The summed E-state index contributed by atoms with van der Waals surface area (Å²) in [6.45, 7) is 4.49. The number of nitrogen functional groups attached to an aromatic ring is 1. The van der Waals surface area contributed by atoms with Crippen LogP contribution in [-0.2, 0) is 6.42 Å². The molecule has 0 saturated carbocycles. The van der Waals surface area contributed by atoms with E-state index in [2.05, 4.69) is 38.1 Å². The quantitative estimate of drug-likeness (QED) is 0.641. The summed E-state index contributed by atoms with van der Waals surface area (Å²) in [5, 5.41) is 8.76. The normalized spacial score (nSPS) is 10.6. The third-order valence-electron chi connectivity index (χ3n) is 2.91. The lowest BCUT2D eigenvalue weighted by Gasteiger charge is -2.05. The number of benzene rings is 1. The van der Waals surface area contributed by atoms with Crippen molar-refractivity contribution in [3.8, 4) is 0 Å². The molecule has 0 aliphatic rings. The maximum absolute atomic E-state index is 7.50. The summed E-state index contributed by atoms with van der Waals surface area (Å²) < 4.78 is 1.23. The van der Waals surface area contributed by atoms with Crippen molar-refractivity contribution in [2.24, 2.45) is 11.7 Å². The summed E-state index contributed by atoms with van der Waals surface area (Å²) in [7, 11) is 0. The minimum atomic E-state index is 0. The predicted molar refractivity (Wildman–Crippen MR) is 83.2 cm³/mol. The average Bonchev–Trinajstić information content (AvgIpc) is 2.70. The van der Waals surface area contributed by atoms with E-state index in [-0.39, 0.29) is 18.2 Å². The molecule has 0 bridgehead atoms. The van der Waals surface area contributed by atoms with Crippen molar-refractivity contribution < 1.29 is 0 Å². The Morgan fingerprint density at radius 2 is 2.11 bits per heavy atom. The van der Waals surface area contributed by atoms with Crippen LogP contribution >= 0.6 is 23.7 Å². The van der Waals surface area contributed by atoms with Crippen LogP contribution in [0.3, 0.4) is 0 Å². The van der Waals surface area contributed by atoms with Crippen LogP contribution in [0.25, 0.3) is 10.1 Å². The highest BCUT2D eigenvalue weighted by Crippen LogP contribution is 2.29. The second-order valence-electron chi connectivity index (χ2n) is 4.79. The Hall–Kier alpha value is -1.06. The van der Waals surface area contributed by atoms with Gasteiger partial charge in [0.15, 0.2) is 0 Å². The lowest BCUT2D eigenvalue weighted by Crippen LogP contribution is -2.08. The number of aryl methyl sites for hydroxylation is 1. The molecule has 3 N–H and O–H groups in total. The van der Waals surface area contributed by atoms with E-state index in [1.54, 1.807) is 11.3 Å². The molecule has 1 heterocycles. The first kappa shape index (κ1) is 15.0. The summed E-state index contributed by atoms with van der Waals surface area (Å²) in [5.74, 6) is 0.886. The van der Waals surface area contributed by atoms with Gasteiger partial charge in [0.2, 0.25) is 0 Å². The number of nitrogens with two attached hydrogens (primary N) is 1.